The lowest BCUT2D eigenvalue weighted by Crippen LogP contribution is -2.30. The van der Waals surface area contributed by atoms with Crippen LogP contribution in [-0.4, -0.2) is 24.0 Å². The van der Waals surface area contributed by atoms with Crippen molar-refractivity contribution in [3.63, 3.8) is 0 Å². The van der Waals surface area contributed by atoms with Gasteiger partial charge < -0.3 is 15.6 Å². The zero-order valence-corrected chi connectivity index (χ0v) is 17.5. The van der Waals surface area contributed by atoms with E-state index in [-0.39, 0.29) is 17.8 Å². The van der Waals surface area contributed by atoms with Gasteiger partial charge in [-0.2, -0.15) is 0 Å². The van der Waals surface area contributed by atoms with Gasteiger partial charge in [-0.1, -0.05) is 37.1 Å². The maximum atomic E-state index is 12.7. The van der Waals surface area contributed by atoms with Gasteiger partial charge in [0.25, 0.3) is 0 Å². The number of H-pyrrole nitrogens is 1. The van der Waals surface area contributed by atoms with Crippen LogP contribution >= 0.6 is 0 Å². The molecule has 1 heterocycles. The van der Waals surface area contributed by atoms with Gasteiger partial charge in [0.05, 0.1) is 6.42 Å². The Hall–Kier alpha value is -2.92. The van der Waals surface area contributed by atoms with Crippen LogP contribution in [0.3, 0.4) is 0 Å². The first-order valence-electron chi connectivity index (χ1n) is 10.8. The third-order valence-corrected chi connectivity index (χ3v) is 6.05. The molecule has 0 spiro atoms. The number of aromatic amines is 1. The Morgan fingerprint density at radius 3 is 2.90 bits per heavy atom. The first-order chi connectivity index (χ1) is 14.7. The number of fused-ring (bicyclic) bond motifs is 2. The first kappa shape index (κ1) is 20.4. The zero-order chi connectivity index (χ0) is 20.9. The van der Waals surface area contributed by atoms with E-state index in [0.29, 0.717) is 17.0 Å². The van der Waals surface area contributed by atoms with Crippen LogP contribution in [0.2, 0.25) is 0 Å². The molecule has 3 N–H and O–H groups in total. The number of amides is 1. The zero-order valence-electron chi connectivity index (χ0n) is 17.5. The lowest BCUT2D eigenvalue weighted by molar-refractivity contribution is -0.119. The number of benzene rings is 1. The standard InChI is InChI=1S/C25H29N3O2/c1-26-22-12-4-2-3-8-17-9-7-10-19(15-21(17)22)28-24(29)14-18-16-27-23-13-6-5-11-20(23)25(18)30/h5-6,9-11,13,15-16,22,26H,2-4,7-8,12,14H2,1H3,(H,27,30)(H,28,29). The summed E-state index contributed by atoms with van der Waals surface area (Å²) in [7, 11) is 2.00. The molecule has 5 nitrogen and oxygen atoms in total. The smallest absolute Gasteiger partial charge is 0.228 e. The van der Waals surface area contributed by atoms with Crippen molar-refractivity contribution in [2.24, 2.45) is 0 Å². The molecule has 1 aromatic carbocycles. The fraction of sp³-hybridized carbons (Fsp3) is 0.360. The Morgan fingerprint density at radius 1 is 1.17 bits per heavy atom. The summed E-state index contributed by atoms with van der Waals surface area (Å²) >= 11 is 0. The summed E-state index contributed by atoms with van der Waals surface area (Å²) in [6, 6.07) is 7.67. The lowest BCUT2D eigenvalue weighted by atomic mass is 9.87. The van der Waals surface area contributed by atoms with Crippen LogP contribution in [0.5, 0.6) is 0 Å². The van der Waals surface area contributed by atoms with E-state index < -0.39 is 0 Å². The van der Waals surface area contributed by atoms with Crippen LogP contribution in [0.4, 0.5) is 0 Å². The summed E-state index contributed by atoms with van der Waals surface area (Å²) in [5, 5.41) is 7.08. The molecule has 0 bridgehead atoms. The molecule has 0 radical (unpaired) electrons. The number of hydrogen-bond donors (Lipinski definition) is 3. The number of nitrogens with one attached hydrogen (secondary N) is 3. The molecule has 2 aliphatic carbocycles. The number of pyridine rings is 1. The Labute approximate surface area is 177 Å². The highest BCUT2D eigenvalue weighted by molar-refractivity contribution is 5.83. The highest BCUT2D eigenvalue weighted by atomic mass is 16.1. The molecule has 30 heavy (non-hydrogen) atoms. The van der Waals surface area contributed by atoms with E-state index in [4.69, 9.17) is 0 Å². The molecule has 1 fully saturated rings. The quantitative estimate of drug-likeness (QED) is 0.725. The normalized spacial score (nSPS) is 19.5. The van der Waals surface area contributed by atoms with Gasteiger partial charge in [-0.05, 0) is 62.1 Å². The molecule has 1 unspecified atom stereocenters. The number of hydrogen-bond acceptors (Lipinski definition) is 3. The predicted molar refractivity (Wildman–Crippen MR) is 121 cm³/mol. The molecule has 0 saturated heterocycles. The van der Waals surface area contributed by atoms with Crippen LogP contribution < -0.4 is 16.1 Å². The predicted octanol–water partition coefficient (Wildman–Crippen LogP) is 3.88. The van der Waals surface area contributed by atoms with E-state index in [1.54, 1.807) is 12.3 Å². The fourth-order valence-electron chi connectivity index (χ4n) is 4.44. The monoisotopic (exact) mass is 403 g/mol. The van der Waals surface area contributed by atoms with E-state index in [2.05, 4.69) is 33.8 Å². The van der Waals surface area contributed by atoms with Crippen molar-refractivity contribution < 1.29 is 4.79 Å². The fourth-order valence-corrected chi connectivity index (χ4v) is 4.44. The second kappa shape index (κ2) is 9.26. The molecule has 2 aromatic rings. The van der Waals surface area contributed by atoms with Crippen molar-refractivity contribution in [2.45, 2.75) is 51.0 Å². The van der Waals surface area contributed by atoms with E-state index in [9.17, 15) is 9.59 Å². The largest absolute Gasteiger partial charge is 0.361 e. The molecule has 2 aliphatic rings. The van der Waals surface area contributed by atoms with E-state index in [0.717, 1.165) is 30.5 Å². The Kier molecular flexibility index (Phi) is 6.29. The number of carbonyl (C=O) groups excluding carboxylic acids is 1. The van der Waals surface area contributed by atoms with E-state index >= 15 is 0 Å². The maximum Gasteiger partial charge on any atom is 0.228 e. The Morgan fingerprint density at radius 2 is 2.03 bits per heavy atom. The third kappa shape index (κ3) is 4.46. The van der Waals surface area contributed by atoms with Crippen molar-refractivity contribution in [3.8, 4) is 0 Å². The molecular weight excluding hydrogens is 374 g/mol. The highest BCUT2D eigenvalue weighted by Crippen LogP contribution is 2.30. The molecule has 156 valence electrons. The van der Waals surface area contributed by atoms with Crippen molar-refractivity contribution in [1.29, 1.82) is 0 Å². The number of likely N-dealkylation sites (N-methyl/N-ethyl adjacent to an activating group) is 1. The number of carbonyl (C=O) groups is 1. The molecule has 5 heteroatoms. The second-order valence-corrected chi connectivity index (χ2v) is 8.08. The van der Waals surface area contributed by atoms with Crippen molar-refractivity contribution in [2.75, 3.05) is 7.05 Å². The Bertz CT molecular complexity index is 1090. The van der Waals surface area contributed by atoms with Gasteiger partial charge in [-0.25, -0.2) is 0 Å². The minimum atomic E-state index is -0.172. The molecule has 1 amide bonds. The molecule has 4 rings (SSSR count). The summed E-state index contributed by atoms with van der Waals surface area (Å²) in [5.74, 6) is -0.172. The molecule has 1 atom stereocenters. The van der Waals surface area contributed by atoms with Gasteiger partial charge >= 0.3 is 0 Å². The van der Waals surface area contributed by atoms with Crippen molar-refractivity contribution in [1.82, 2.24) is 15.6 Å². The first-order valence-corrected chi connectivity index (χ1v) is 10.8. The molecule has 1 aromatic heterocycles. The van der Waals surface area contributed by atoms with Crippen molar-refractivity contribution >= 4 is 16.8 Å². The minimum Gasteiger partial charge on any atom is -0.361 e. The maximum absolute atomic E-state index is 12.7. The van der Waals surface area contributed by atoms with Gasteiger partial charge in [0.2, 0.25) is 5.91 Å². The van der Waals surface area contributed by atoms with Crippen LogP contribution in [0.1, 0.15) is 44.1 Å². The molecular formula is C25H29N3O2. The highest BCUT2D eigenvalue weighted by Gasteiger charge is 2.20. The average molecular weight is 404 g/mol. The van der Waals surface area contributed by atoms with Gasteiger partial charge in [0.15, 0.2) is 5.43 Å². The van der Waals surface area contributed by atoms with Crippen LogP contribution in [0.15, 0.2) is 70.3 Å². The lowest BCUT2D eigenvalue weighted by Gasteiger charge is -2.25. The summed E-state index contributed by atoms with van der Waals surface area (Å²) in [6.45, 7) is 0. The SMILES string of the molecule is CNC1CCCCCC2=CCC=C(NC(=O)Cc3c[nH]c4ccccc4c3=O)C=C21. The van der Waals surface area contributed by atoms with Crippen LogP contribution in [0, 0.1) is 0 Å². The van der Waals surface area contributed by atoms with Gasteiger partial charge in [-0.3, -0.25) is 9.59 Å². The molecule has 1 saturated carbocycles. The number of aromatic nitrogens is 1. The van der Waals surface area contributed by atoms with Crippen molar-refractivity contribution in [3.05, 3.63) is 81.3 Å². The summed E-state index contributed by atoms with van der Waals surface area (Å²) in [5.41, 5.74) is 4.66. The second-order valence-electron chi connectivity index (χ2n) is 8.08. The van der Waals surface area contributed by atoms with Gasteiger partial charge in [0, 0.05) is 34.4 Å². The van der Waals surface area contributed by atoms with E-state index in [1.807, 2.05) is 25.2 Å². The Balaban J connectivity index is 1.52. The van der Waals surface area contributed by atoms with Crippen LogP contribution in [-0.2, 0) is 11.2 Å². The van der Waals surface area contributed by atoms with Gasteiger partial charge in [-0.15, -0.1) is 0 Å². The van der Waals surface area contributed by atoms with Gasteiger partial charge in [0.1, 0.15) is 0 Å². The molecule has 0 aliphatic heterocycles. The average Bonchev–Trinajstić information content (AvgIpc) is 2.93. The number of para-hydroxylation sites is 1. The summed E-state index contributed by atoms with van der Waals surface area (Å²) in [4.78, 5) is 28.6. The summed E-state index contributed by atoms with van der Waals surface area (Å²) in [6.07, 6.45) is 14.9. The third-order valence-electron chi connectivity index (χ3n) is 6.05. The van der Waals surface area contributed by atoms with E-state index in [1.165, 1.54) is 30.4 Å². The topological polar surface area (TPSA) is 74.0 Å². The summed E-state index contributed by atoms with van der Waals surface area (Å²) < 4.78 is 0. The minimum absolute atomic E-state index is 0.0520. The number of allylic oxidation sites excluding steroid dienone is 3. The number of rotatable bonds is 4. The van der Waals surface area contributed by atoms with Crippen LogP contribution in [0.25, 0.3) is 10.9 Å².